The monoisotopic (exact) mass is 293 g/mol. The van der Waals surface area contributed by atoms with E-state index in [4.69, 9.17) is 0 Å². The van der Waals surface area contributed by atoms with Crippen LogP contribution < -0.4 is 5.32 Å². The van der Waals surface area contributed by atoms with Crippen LogP contribution in [0.1, 0.15) is 24.7 Å². The fourth-order valence-corrected chi connectivity index (χ4v) is 2.44. The van der Waals surface area contributed by atoms with E-state index in [0.717, 1.165) is 24.9 Å². The van der Waals surface area contributed by atoms with E-state index in [-0.39, 0.29) is 6.04 Å². The topological polar surface area (TPSA) is 29.9 Å². The SMILES string of the molecule is CCCn1ccnc1CC(Cc1cccc(F)c1F)NC. The van der Waals surface area contributed by atoms with E-state index in [9.17, 15) is 8.78 Å². The Morgan fingerprint density at radius 2 is 2.10 bits per heavy atom. The quantitative estimate of drug-likeness (QED) is 0.850. The van der Waals surface area contributed by atoms with E-state index >= 15 is 0 Å². The molecule has 0 aliphatic carbocycles. The Kier molecular flexibility index (Phi) is 5.44. The first kappa shape index (κ1) is 15.6. The molecule has 1 aromatic carbocycles. The molecular formula is C16H21F2N3. The lowest BCUT2D eigenvalue weighted by Crippen LogP contribution is -2.31. The summed E-state index contributed by atoms with van der Waals surface area (Å²) in [5.41, 5.74) is 0.392. The van der Waals surface area contributed by atoms with E-state index in [1.54, 1.807) is 18.3 Å². The lowest BCUT2D eigenvalue weighted by Gasteiger charge is -2.17. The van der Waals surface area contributed by atoms with Crippen LogP contribution in [0.15, 0.2) is 30.6 Å². The predicted octanol–water partition coefficient (Wildman–Crippen LogP) is 2.94. The summed E-state index contributed by atoms with van der Waals surface area (Å²) in [7, 11) is 1.83. The smallest absolute Gasteiger partial charge is 0.162 e. The standard InChI is InChI=1S/C16H21F2N3/c1-3-8-21-9-7-20-15(21)11-13(19-2)10-12-5-4-6-14(17)16(12)18/h4-7,9,13,19H,3,8,10-11H2,1-2H3. The first-order chi connectivity index (χ1) is 10.2. The molecule has 0 amide bonds. The van der Waals surface area contributed by atoms with Crippen LogP contribution in [0.4, 0.5) is 8.78 Å². The lowest BCUT2D eigenvalue weighted by molar-refractivity contribution is 0.475. The Morgan fingerprint density at radius 1 is 1.29 bits per heavy atom. The van der Waals surface area contributed by atoms with Crippen LogP contribution in [0, 0.1) is 11.6 Å². The predicted molar refractivity (Wildman–Crippen MR) is 79.1 cm³/mol. The third kappa shape index (κ3) is 3.88. The molecule has 1 heterocycles. The van der Waals surface area contributed by atoms with E-state index < -0.39 is 11.6 Å². The second-order valence-electron chi connectivity index (χ2n) is 5.14. The van der Waals surface area contributed by atoms with E-state index in [0.29, 0.717) is 18.4 Å². The summed E-state index contributed by atoms with van der Waals surface area (Å²) in [6, 6.07) is 4.32. The van der Waals surface area contributed by atoms with Crippen molar-refractivity contribution in [2.75, 3.05) is 7.05 Å². The van der Waals surface area contributed by atoms with Crippen LogP contribution in [-0.2, 0) is 19.4 Å². The Labute approximate surface area is 124 Å². The number of nitrogens with zero attached hydrogens (tertiary/aromatic N) is 2. The van der Waals surface area contributed by atoms with Crippen LogP contribution in [0.2, 0.25) is 0 Å². The van der Waals surface area contributed by atoms with E-state index in [1.807, 2.05) is 13.2 Å². The number of rotatable bonds is 7. The minimum absolute atomic E-state index is 0.0132. The van der Waals surface area contributed by atoms with Crippen LogP contribution >= 0.6 is 0 Å². The van der Waals surface area contributed by atoms with Gasteiger partial charge >= 0.3 is 0 Å². The molecule has 1 N–H and O–H groups in total. The first-order valence-corrected chi connectivity index (χ1v) is 7.25. The molecule has 2 rings (SSSR count). The van der Waals surface area contributed by atoms with Crippen molar-refractivity contribution in [2.24, 2.45) is 0 Å². The largest absolute Gasteiger partial charge is 0.335 e. The van der Waals surface area contributed by atoms with Gasteiger partial charge in [-0.3, -0.25) is 0 Å². The Balaban J connectivity index is 2.09. The number of aryl methyl sites for hydroxylation is 1. The fraction of sp³-hybridized carbons (Fsp3) is 0.438. The van der Waals surface area contributed by atoms with Gasteiger partial charge in [0, 0.05) is 31.4 Å². The van der Waals surface area contributed by atoms with Crippen molar-refractivity contribution >= 4 is 0 Å². The van der Waals surface area contributed by atoms with Crippen LogP contribution in [0.3, 0.4) is 0 Å². The van der Waals surface area contributed by atoms with Gasteiger partial charge in [-0.1, -0.05) is 19.1 Å². The molecule has 1 aromatic heterocycles. The van der Waals surface area contributed by atoms with Gasteiger partial charge in [-0.25, -0.2) is 13.8 Å². The average Bonchev–Trinajstić information content (AvgIpc) is 2.90. The molecule has 0 saturated carbocycles. The number of benzene rings is 1. The molecule has 0 aliphatic heterocycles. The summed E-state index contributed by atoms with van der Waals surface area (Å²) in [5, 5.41) is 3.16. The van der Waals surface area contributed by atoms with Crippen molar-refractivity contribution in [2.45, 2.75) is 38.8 Å². The van der Waals surface area contributed by atoms with Gasteiger partial charge in [-0.2, -0.15) is 0 Å². The molecule has 0 radical (unpaired) electrons. The number of imidazole rings is 1. The van der Waals surface area contributed by atoms with Crippen molar-refractivity contribution in [3.05, 3.63) is 53.6 Å². The van der Waals surface area contributed by atoms with Gasteiger partial charge in [0.1, 0.15) is 5.82 Å². The van der Waals surface area contributed by atoms with E-state index in [2.05, 4.69) is 21.8 Å². The van der Waals surface area contributed by atoms with Gasteiger partial charge in [0.2, 0.25) is 0 Å². The summed E-state index contributed by atoms with van der Waals surface area (Å²) in [4.78, 5) is 4.36. The van der Waals surface area contributed by atoms with Crippen molar-refractivity contribution < 1.29 is 8.78 Å². The van der Waals surface area contributed by atoms with Crippen molar-refractivity contribution in [3.63, 3.8) is 0 Å². The lowest BCUT2D eigenvalue weighted by atomic mass is 10.0. The van der Waals surface area contributed by atoms with Gasteiger partial charge in [0.25, 0.3) is 0 Å². The van der Waals surface area contributed by atoms with Gasteiger partial charge in [0.15, 0.2) is 11.6 Å². The van der Waals surface area contributed by atoms with Crippen LogP contribution in [0.25, 0.3) is 0 Å². The first-order valence-electron chi connectivity index (χ1n) is 7.25. The Hall–Kier alpha value is -1.75. The average molecular weight is 293 g/mol. The van der Waals surface area contributed by atoms with Gasteiger partial charge in [0.05, 0.1) is 0 Å². The highest BCUT2D eigenvalue weighted by Crippen LogP contribution is 2.15. The molecule has 3 nitrogen and oxygen atoms in total. The maximum absolute atomic E-state index is 13.8. The van der Waals surface area contributed by atoms with Crippen LogP contribution in [0.5, 0.6) is 0 Å². The molecule has 0 spiro atoms. The highest BCUT2D eigenvalue weighted by molar-refractivity contribution is 5.20. The Bertz CT molecular complexity index is 581. The summed E-state index contributed by atoms with van der Waals surface area (Å²) in [5.74, 6) is -0.586. The van der Waals surface area contributed by atoms with Crippen molar-refractivity contribution in [3.8, 4) is 0 Å². The molecule has 1 unspecified atom stereocenters. The van der Waals surface area contributed by atoms with Crippen molar-refractivity contribution in [1.82, 2.24) is 14.9 Å². The third-order valence-electron chi connectivity index (χ3n) is 3.60. The highest BCUT2D eigenvalue weighted by Gasteiger charge is 2.15. The second kappa shape index (κ2) is 7.31. The molecule has 114 valence electrons. The molecule has 21 heavy (non-hydrogen) atoms. The summed E-state index contributed by atoms with van der Waals surface area (Å²) < 4.78 is 29.1. The number of hydrogen-bond acceptors (Lipinski definition) is 2. The Morgan fingerprint density at radius 3 is 2.81 bits per heavy atom. The normalized spacial score (nSPS) is 12.6. The zero-order chi connectivity index (χ0) is 15.2. The molecule has 0 fully saturated rings. The molecule has 0 aliphatic rings. The molecule has 0 bridgehead atoms. The minimum atomic E-state index is -0.796. The van der Waals surface area contributed by atoms with Crippen LogP contribution in [-0.4, -0.2) is 22.6 Å². The van der Waals surface area contributed by atoms with Gasteiger partial charge in [-0.05, 0) is 31.5 Å². The zero-order valence-electron chi connectivity index (χ0n) is 12.4. The van der Waals surface area contributed by atoms with Gasteiger partial charge < -0.3 is 9.88 Å². The molecular weight excluding hydrogens is 272 g/mol. The number of hydrogen-bond donors (Lipinski definition) is 1. The third-order valence-corrected chi connectivity index (χ3v) is 3.60. The highest BCUT2D eigenvalue weighted by atomic mass is 19.2. The summed E-state index contributed by atoms with van der Waals surface area (Å²) >= 11 is 0. The summed E-state index contributed by atoms with van der Waals surface area (Å²) in [6.45, 7) is 3.03. The summed E-state index contributed by atoms with van der Waals surface area (Å²) in [6.07, 6.45) is 5.87. The molecule has 0 saturated heterocycles. The van der Waals surface area contributed by atoms with E-state index in [1.165, 1.54) is 0 Å². The fourth-order valence-electron chi connectivity index (χ4n) is 2.44. The number of nitrogens with one attached hydrogen (secondary N) is 1. The minimum Gasteiger partial charge on any atom is -0.335 e. The van der Waals surface area contributed by atoms with Gasteiger partial charge in [-0.15, -0.1) is 0 Å². The molecule has 1 atom stereocenters. The second-order valence-corrected chi connectivity index (χ2v) is 5.14. The number of halogens is 2. The molecule has 5 heteroatoms. The number of aromatic nitrogens is 2. The van der Waals surface area contributed by atoms with Crippen molar-refractivity contribution in [1.29, 1.82) is 0 Å². The zero-order valence-corrected chi connectivity index (χ0v) is 12.4. The maximum Gasteiger partial charge on any atom is 0.162 e. The molecule has 2 aromatic rings. The number of likely N-dealkylation sites (N-methyl/N-ethyl adjacent to an activating group) is 1. The maximum atomic E-state index is 13.8.